The molecule has 18 heavy (non-hydrogen) atoms. The number of hydrogen-bond donors (Lipinski definition) is 0. The summed E-state index contributed by atoms with van der Waals surface area (Å²) in [7, 11) is 0. The second-order valence-electron chi connectivity index (χ2n) is 5.01. The number of carbonyl (C=O) groups excluding carboxylic acids is 1. The van der Waals surface area contributed by atoms with Crippen molar-refractivity contribution >= 4 is 33.6 Å². The predicted molar refractivity (Wildman–Crippen MR) is 79.0 cm³/mol. The van der Waals surface area contributed by atoms with Gasteiger partial charge < -0.3 is 4.90 Å². The zero-order chi connectivity index (χ0) is 13.2. The quantitative estimate of drug-likeness (QED) is 0.793. The van der Waals surface area contributed by atoms with Gasteiger partial charge in [0, 0.05) is 34.3 Å². The maximum Gasteiger partial charge on any atom is 0.272 e. The monoisotopic (exact) mass is 328 g/mol. The second-order valence-corrected chi connectivity index (χ2v) is 7.73. The number of carbonyl (C=O) groups is 1. The van der Waals surface area contributed by atoms with Gasteiger partial charge in [-0.25, -0.2) is 4.98 Å². The molecule has 0 aliphatic carbocycles. The molecule has 0 atom stereocenters. The first-order valence-corrected chi connectivity index (χ1v) is 7.81. The Morgan fingerprint density at radius 1 is 1.44 bits per heavy atom. The van der Waals surface area contributed by atoms with Gasteiger partial charge in [0.05, 0.1) is 0 Å². The van der Waals surface area contributed by atoms with Crippen molar-refractivity contribution in [2.24, 2.45) is 0 Å². The molecule has 5 heteroatoms. The number of pyridine rings is 1. The lowest BCUT2D eigenvalue weighted by molar-refractivity contribution is 0.0758. The molecule has 2 heterocycles. The van der Waals surface area contributed by atoms with Crippen LogP contribution in [0.25, 0.3) is 0 Å². The summed E-state index contributed by atoms with van der Waals surface area (Å²) in [4.78, 5) is 18.4. The van der Waals surface area contributed by atoms with E-state index in [9.17, 15) is 4.79 Å². The van der Waals surface area contributed by atoms with Crippen LogP contribution >= 0.6 is 27.7 Å². The third kappa shape index (κ3) is 3.48. The van der Waals surface area contributed by atoms with E-state index in [0.717, 1.165) is 29.7 Å². The van der Waals surface area contributed by atoms with Crippen LogP contribution in [0.4, 0.5) is 0 Å². The van der Waals surface area contributed by atoms with Crippen molar-refractivity contribution in [3.05, 3.63) is 28.5 Å². The molecule has 0 bridgehead atoms. The van der Waals surface area contributed by atoms with Gasteiger partial charge in [0.2, 0.25) is 0 Å². The highest BCUT2D eigenvalue weighted by atomic mass is 79.9. The average Bonchev–Trinajstić information content (AvgIpc) is 2.50. The van der Waals surface area contributed by atoms with Gasteiger partial charge in [-0.15, -0.1) is 0 Å². The first-order valence-electron chi connectivity index (χ1n) is 6.03. The standard InChI is InChI=1S/C13H17BrN2OS/c1-13(2)5-6-16(7-8-18-13)12(17)11-4-3-10(14)9-15-11/h3-4,9H,5-8H2,1-2H3. The Kier molecular flexibility index (Phi) is 4.33. The molecule has 0 saturated carbocycles. The lowest BCUT2D eigenvalue weighted by Crippen LogP contribution is -2.34. The van der Waals surface area contributed by atoms with E-state index in [2.05, 4.69) is 34.8 Å². The van der Waals surface area contributed by atoms with Gasteiger partial charge in [0.1, 0.15) is 5.69 Å². The Hall–Kier alpha value is -0.550. The van der Waals surface area contributed by atoms with Crippen molar-refractivity contribution in [2.45, 2.75) is 25.0 Å². The average molecular weight is 329 g/mol. The SMILES string of the molecule is CC1(C)CCN(C(=O)c2ccc(Br)cn2)CCS1. The number of hydrogen-bond acceptors (Lipinski definition) is 3. The van der Waals surface area contributed by atoms with Crippen LogP contribution in [-0.4, -0.2) is 39.4 Å². The van der Waals surface area contributed by atoms with Crippen LogP contribution in [0.2, 0.25) is 0 Å². The molecule has 1 fully saturated rings. The largest absolute Gasteiger partial charge is 0.336 e. The number of rotatable bonds is 1. The van der Waals surface area contributed by atoms with Crippen LogP contribution in [-0.2, 0) is 0 Å². The van der Waals surface area contributed by atoms with Crippen molar-refractivity contribution in [2.75, 3.05) is 18.8 Å². The molecule has 1 aromatic heterocycles. The van der Waals surface area contributed by atoms with Crippen molar-refractivity contribution in [3.63, 3.8) is 0 Å². The van der Waals surface area contributed by atoms with Crippen molar-refractivity contribution in [1.82, 2.24) is 9.88 Å². The first kappa shape index (κ1) is 13.9. The minimum atomic E-state index is 0.0424. The maximum absolute atomic E-state index is 12.3. The number of thioether (sulfide) groups is 1. The molecule has 0 aromatic carbocycles. The van der Waals surface area contributed by atoms with Crippen molar-refractivity contribution in [3.8, 4) is 0 Å². The second kappa shape index (κ2) is 5.61. The van der Waals surface area contributed by atoms with Crippen molar-refractivity contribution < 1.29 is 4.79 Å². The van der Waals surface area contributed by atoms with Gasteiger partial charge in [-0.3, -0.25) is 4.79 Å². The molecular formula is C13H17BrN2OS. The van der Waals surface area contributed by atoms with Crippen LogP contribution in [0, 0.1) is 0 Å². The molecule has 3 nitrogen and oxygen atoms in total. The van der Waals surface area contributed by atoms with Gasteiger partial charge >= 0.3 is 0 Å². The van der Waals surface area contributed by atoms with Crippen LogP contribution in [0.1, 0.15) is 30.8 Å². The van der Waals surface area contributed by atoms with Gasteiger partial charge in [-0.1, -0.05) is 13.8 Å². The Morgan fingerprint density at radius 2 is 2.22 bits per heavy atom. The number of nitrogens with zero attached hydrogens (tertiary/aromatic N) is 2. The highest BCUT2D eigenvalue weighted by Gasteiger charge is 2.26. The number of halogens is 1. The fourth-order valence-electron chi connectivity index (χ4n) is 1.89. The van der Waals surface area contributed by atoms with E-state index >= 15 is 0 Å². The van der Waals surface area contributed by atoms with E-state index in [1.54, 1.807) is 12.3 Å². The smallest absolute Gasteiger partial charge is 0.272 e. The summed E-state index contributed by atoms with van der Waals surface area (Å²) in [6.45, 7) is 6.11. The van der Waals surface area contributed by atoms with E-state index < -0.39 is 0 Å². The molecule has 1 aliphatic heterocycles. The van der Waals surface area contributed by atoms with Crippen LogP contribution in [0.15, 0.2) is 22.8 Å². The minimum absolute atomic E-state index is 0.0424. The summed E-state index contributed by atoms with van der Waals surface area (Å²) in [5, 5.41) is 0. The molecule has 0 radical (unpaired) electrons. The molecule has 2 rings (SSSR count). The number of aromatic nitrogens is 1. The summed E-state index contributed by atoms with van der Waals surface area (Å²) in [6, 6.07) is 3.63. The molecule has 1 saturated heterocycles. The summed E-state index contributed by atoms with van der Waals surface area (Å²) in [6.07, 6.45) is 2.70. The molecule has 1 aromatic rings. The molecular weight excluding hydrogens is 312 g/mol. The van der Waals surface area contributed by atoms with Gasteiger partial charge in [0.15, 0.2) is 0 Å². The minimum Gasteiger partial charge on any atom is -0.336 e. The summed E-state index contributed by atoms with van der Waals surface area (Å²) in [5.74, 6) is 1.04. The van der Waals surface area contributed by atoms with Crippen molar-refractivity contribution in [1.29, 1.82) is 0 Å². The molecule has 0 spiro atoms. The third-order valence-corrected chi connectivity index (χ3v) is 4.91. The molecule has 0 N–H and O–H groups in total. The van der Waals surface area contributed by atoms with E-state index in [-0.39, 0.29) is 10.7 Å². The molecule has 1 amide bonds. The summed E-state index contributed by atoms with van der Waals surface area (Å²) < 4.78 is 1.16. The predicted octanol–water partition coefficient (Wildman–Crippen LogP) is 3.20. The fourth-order valence-corrected chi connectivity index (χ4v) is 3.22. The van der Waals surface area contributed by atoms with E-state index in [4.69, 9.17) is 0 Å². The lowest BCUT2D eigenvalue weighted by Gasteiger charge is -2.22. The normalized spacial score (nSPS) is 19.4. The summed E-state index contributed by atoms with van der Waals surface area (Å²) >= 11 is 5.27. The van der Waals surface area contributed by atoms with Crippen LogP contribution in [0.5, 0.6) is 0 Å². The highest BCUT2D eigenvalue weighted by molar-refractivity contribution is 9.10. The Labute approximate surface area is 120 Å². The van der Waals surface area contributed by atoms with E-state index in [1.807, 2.05) is 22.7 Å². The van der Waals surface area contributed by atoms with Gasteiger partial charge in [0.25, 0.3) is 5.91 Å². The van der Waals surface area contributed by atoms with E-state index in [0.29, 0.717) is 5.69 Å². The summed E-state index contributed by atoms with van der Waals surface area (Å²) in [5.41, 5.74) is 0.530. The Morgan fingerprint density at radius 3 is 2.89 bits per heavy atom. The lowest BCUT2D eigenvalue weighted by atomic mass is 10.1. The van der Waals surface area contributed by atoms with Gasteiger partial charge in [-0.05, 0) is 34.5 Å². The number of amides is 1. The fraction of sp³-hybridized carbons (Fsp3) is 0.538. The van der Waals surface area contributed by atoms with E-state index in [1.165, 1.54) is 0 Å². The Bertz CT molecular complexity index is 433. The van der Waals surface area contributed by atoms with Crippen LogP contribution in [0.3, 0.4) is 0 Å². The maximum atomic E-state index is 12.3. The third-order valence-electron chi connectivity index (χ3n) is 3.07. The molecule has 98 valence electrons. The highest BCUT2D eigenvalue weighted by Crippen LogP contribution is 2.30. The topological polar surface area (TPSA) is 33.2 Å². The molecule has 1 aliphatic rings. The Balaban J connectivity index is 2.07. The zero-order valence-electron chi connectivity index (χ0n) is 10.6. The first-order chi connectivity index (χ1) is 8.48. The van der Waals surface area contributed by atoms with Gasteiger partial charge in [-0.2, -0.15) is 11.8 Å². The zero-order valence-corrected chi connectivity index (χ0v) is 13.1. The van der Waals surface area contributed by atoms with Crippen LogP contribution < -0.4 is 0 Å². The molecule has 0 unspecified atom stereocenters.